The third-order valence-corrected chi connectivity index (χ3v) is 9.31. The van der Waals surface area contributed by atoms with Gasteiger partial charge in [0.2, 0.25) is 10.0 Å². The van der Waals surface area contributed by atoms with E-state index in [1.54, 1.807) is 35.7 Å². The number of para-hydroxylation sites is 1. The average Bonchev–Trinajstić information content (AvgIpc) is 3.01. The van der Waals surface area contributed by atoms with Crippen LogP contribution in [0.5, 0.6) is 11.5 Å². The molecule has 0 spiro atoms. The zero-order chi connectivity index (χ0) is 28.8. The molecule has 0 saturated carbocycles. The second-order valence-electron chi connectivity index (χ2n) is 10.1. The second kappa shape index (κ2) is 12.8. The van der Waals surface area contributed by atoms with Gasteiger partial charge in [-0.15, -0.1) is 0 Å². The molecule has 5 rings (SSSR count). The fourth-order valence-electron chi connectivity index (χ4n) is 4.87. The van der Waals surface area contributed by atoms with Crippen molar-refractivity contribution in [2.45, 2.75) is 37.6 Å². The molecule has 4 aromatic rings. The molecule has 0 bridgehead atoms. The topological polar surface area (TPSA) is 96.9 Å². The van der Waals surface area contributed by atoms with Gasteiger partial charge in [-0.25, -0.2) is 18.4 Å². The Morgan fingerprint density at radius 1 is 0.902 bits per heavy atom. The van der Waals surface area contributed by atoms with Crippen molar-refractivity contribution < 1.29 is 17.9 Å². The van der Waals surface area contributed by atoms with E-state index in [1.807, 2.05) is 48.5 Å². The average molecular weight is 576 g/mol. The Bertz CT molecular complexity index is 1550. The van der Waals surface area contributed by atoms with Crippen LogP contribution < -0.4 is 14.8 Å². The third kappa shape index (κ3) is 6.61. The van der Waals surface area contributed by atoms with Crippen molar-refractivity contribution in [3.05, 3.63) is 78.6 Å². The predicted molar refractivity (Wildman–Crippen MR) is 161 cm³/mol. The number of sulfonamides is 1. The molecule has 1 aliphatic rings. The summed E-state index contributed by atoms with van der Waals surface area (Å²) in [6.45, 7) is 6.75. The monoisotopic (exact) mass is 575 g/mol. The molecule has 1 atom stereocenters. The number of hydrogen-bond acceptors (Lipinski definition) is 8. The summed E-state index contributed by atoms with van der Waals surface area (Å²) in [4.78, 5) is 12.3. The molecule has 1 aromatic heterocycles. The largest absolute Gasteiger partial charge is 0.497 e. The number of aromatic nitrogens is 2. The van der Waals surface area contributed by atoms with Gasteiger partial charge in [0.1, 0.15) is 23.1 Å². The molecule has 1 N–H and O–H groups in total. The number of anilines is 2. The maximum absolute atomic E-state index is 13.3. The first kappa shape index (κ1) is 28.8. The first-order valence-corrected chi connectivity index (χ1v) is 15.5. The van der Waals surface area contributed by atoms with E-state index in [1.165, 1.54) is 0 Å². The highest BCUT2D eigenvalue weighted by Crippen LogP contribution is 2.29. The Morgan fingerprint density at radius 2 is 1.59 bits per heavy atom. The second-order valence-corrected chi connectivity index (χ2v) is 12.0. The Morgan fingerprint density at radius 3 is 2.27 bits per heavy atom. The van der Waals surface area contributed by atoms with E-state index in [-0.39, 0.29) is 10.9 Å². The van der Waals surface area contributed by atoms with Gasteiger partial charge in [0, 0.05) is 37.3 Å². The van der Waals surface area contributed by atoms with Gasteiger partial charge < -0.3 is 14.8 Å². The van der Waals surface area contributed by atoms with Crippen molar-refractivity contribution in [2.24, 2.45) is 0 Å². The fraction of sp³-hybridized carbons (Fsp3) is 0.355. The van der Waals surface area contributed by atoms with Crippen LogP contribution in [0.1, 0.15) is 38.6 Å². The van der Waals surface area contributed by atoms with Gasteiger partial charge >= 0.3 is 0 Å². The molecular formula is C31H37N5O4S. The summed E-state index contributed by atoms with van der Waals surface area (Å²) >= 11 is 0. The quantitative estimate of drug-likeness (QED) is 0.230. The van der Waals surface area contributed by atoms with Crippen LogP contribution in [-0.4, -0.2) is 67.5 Å². The van der Waals surface area contributed by atoms with E-state index in [4.69, 9.17) is 19.4 Å². The van der Waals surface area contributed by atoms with Crippen LogP contribution in [0, 0.1) is 0 Å². The third-order valence-electron chi connectivity index (χ3n) is 7.40. The lowest BCUT2D eigenvalue weighted by Crippen LogP contribution is -2.49. The molecule has 0 amide bonds. The lowest BCUT2D eigenvalue weighted by atomic mass is 10.2. The van der Waals surface area contributed by atoms with Gasteiger partial charge in [-0.05, 0) is 74.0 Å². The van der Waals surface area contributed by atoms with E-state index in [2.05, 4.69) is 24.1 Å². The molecule has 3 aromatic carbocycles. The minimum Gasteiger partial charge on any atom is -0.497 e. The molecule has 1 fully saturated rings. The Balaban J connectivity index is 1.28. The van der Waals surface area contributed by atoms with Crippen LogP contribution in [0.2, 0.25) is 0 Å². The Kier molecular flexibility index (Phi) is 9.02. The summed E-state index contributed by atoms with van der Waals surface area (Å²) in [7, 11) is -1.95. The van der Waals surface area contributed by atoms with Crippen LogP contribution >= 0.6 is 0 Å². The molecule has 0 radical (unpaired) electrons. The van der Waals surface area contributed by atoms with Crippen LogP contribution in [0.3, 0.4) is 0 Å². The van der Waals surface area contributed by atoms with E-state index in [0.717, 1.165) is 41.0 Å². The highest BCUT2D eigenvalue weighted by Gasteiger charge is 2.31. The summed E-state index contributed by atoms with van der Waals surface area (Å²) in [5.74, 6) is 2.89. The number of piperazine rings is 1. The number of methoxy groups -OCH3 is 1. The Labute approximate surface area is 242 Å². The number of fused-ring (bicyclic) bond motifs is 1. The number of benzene rings is 3. The van der Waals surface area contributed by atoms with Gasteiger partial charge in [-0.3, -0.25) is 4.90 Å². The molecule has 1 saturated heterocycles. The minimum absolute atomic E-state index is 0.0968. The van der Waals surface area contributed by atoms with Crippen molar-refractivity contribution in [3.63, 3.8) is 0 Å². The Hall–Kier alpha value is -3.73. The number of nitrogens with one attached hydrogen (secondary N) is 1. The summed E-state index contributed by atoms with van der Waals surface area (Å²) in [6, 6.07) is 22.3. The van der Waals surface area contributed by atoms with Gasteiger partial charge in [0.05, 0.1) is 30.2 Å². The number of ether oxygens (including phenoxy) is 2. The van der Waals surface area contributed by atoms with Crippen molar-refractivity contribution in [3.8, 4) is 11.5 Å². The van der Waals surface area contributed by atoms with Gasteiger partial charge in [-0.2, -0.15) is 4.31 Å². The van der Waals surface area contributed by atoms with E-state index in [0.29, 0.717) is 44.4 Å². The van der Waals surface area contributed by atoms with Gasteiger partial charge in [0.15, 0.2) is 0 Å². The van der Waals surface area contributed by atoms with Crippen molar-refractivity contribution in [2.75, 3.05) is 45.2 Å². The van der Waals surface area contributed by atoms with E-state index in [9.17, 15) is 8.42 Å². The molecule has 0 aliphatic carbocycles. The standard InChI is InChI=1S/C31H37N5O4S/c1-4-5-22-40-26-14-16-27(17-15-26)41(37,38)36-20-18-35(19-21-36)23(2)30-33-29-9-7-6-8-28(29)31(34-30)32-24-10-12-25(39-3)13-11-24/h6-17,23H,4-5,18-22H2,1-3H3,(H,32,33,34)/t23-/m0/s1. The first-order valence-electron chi connectivity index (χ1n) is 14.0. The molecule has 216 valence electrons. The highest BCUT2D eigenvalue weighted by molar-refractivity contribution is 7.89. The number of rotatable bonds is 11. The zero-order valence-corrected chi connectivity index (χ0v) is 24.6. The summed E-state index contributed by atoms with van der Waals surface area (Å²) < 4.78 is 39.2. The van der Waals surface area contributed by atoms with Crippen LogP contribution in [-0.2, 0) is 10.0 Å². The van der Waals surface area contributed by atoms with Crippen molar-refractivity contribution in [1.82, 2.24) is 19.2 Å². The van der Waals surface area contributed by atoms with E-state index >= 15 is 0 Å². The number of unbranched alkanes of at least 4 members (excludes halogenated alkanes) is 1. The van der Waals surface area contributed by atoms with Crippen molar-refractivity contribution >= 4 is 32.4 Å². The molecule has 2 heterocycles. The SMILES string of the molecule is CCCCOc1ccc(S(=O)(=O)N2CCN([C@@H](C)c3nc(Nc4ccc(OC)cc4)c4ccccc4n3)CC2)cc1. The smallest absolute Gasteiger partial charge is 0.243 e. The fourth-order valence-corrected chi connectivity index (χ4v) is 6.30. The maximum Gasteiger partial charge on any atom is 0.243 e. The maximum atomic E-state index is 13.3. The summed E-state index contributed by atoms with van der Waals surface area (Å²) in [5.41, 5.74) is 1.75. The highest BCUT2D eigenvalue weighted by atomic mass is 32.2. The predicted octanol–water partition coefficient (Wildman–Crippen LogP) is 5.63. The molecule has 10 heteroatoms. The summed E-state index contributed by atoms with van der Waals surface area (Å²) in [6.07, 6.45) is 2.01. The molecule has 9 nitrogen and oxygen atoms in total. The van der Waals surface area contributed by atoms with Crippen LogP contribution in [0.4, 0.5) is 11.5 Å². The zero-order valence-electron chi connectivity index (χ0n) is 23.8. The number of hydrogen-bond donors (Lipinski definition) is 1. The first-order chi connectivity index (χ1) is 19.9. The molecular weight excluding hydrogens is 538 g/mol. The minimum atomic E-state index is -3.59. The molecule has 1 aliphatic heterocycles. The summed E-state index contributed by atoms with van der Waals surface area (Å²) in [5, 5.41) is 4.37. The van der Waals surface area contributed by atoms with E-state index < -0.39 is 10.0 Å². The van der Waals surface area contributed by atoms with Gasteiger partial charge in [-0.1, -0.05) is 25.5 Å². The van der Waals surface area contributed by atoms with Gasteiger partial charge in [0.25, 0.3) is 0 Å². The lowest BCUT2D eigenvalue weighted by molar-refractivity contribution is 0.141. The molecule has 41 heavy (non-hydrogen) atoms. The number of nitrogens with zero attached hydrogens (tertiary/aromatic N) is 4. The normalized spacial score (nSPS) is 15.5. The van der Waals surface area contributed by atoms with Crippen molar-refractivity contribution in [1.29, 1.82) is 0 Å². The van der Waals surface area contributed by atoms with Crippen LogP contribution in [0.25, 0.3) is 10.9 Å². The lowest BCUT2D eigenvalue weighted by Gasteiger charge is -2.36. The molecule has 0 unspecified atom stereocenters. The van der Waals surface area contributed by atoms with Crippen LogP contribution in [0.15, 0.2) is 77.7 Å².